The molecule has 0 saturated heterocycles. The fourth-order valence-electron chi connectivity index (χ4n) is 3.10. The van der Waals surface area contributed by atoms with Crippen LogP contribution < -0.4 is 5.32 Å². The molecule has 2 aromatic heterocycles. The summed E-state index contributed by atoms with van der Waals surface area (Å²) in [7, 11) is 0. The molecular formula is C15H23N5O. The van der Waals surface area contributed by atoms with Crippen LogP contribution in [-0.4, -0.2) is 37.6 Å². The molecule has 3 rings (SSSR count). The second kappa shape index (κ2) is 6.39. The number of rotatable bonds is 5. The van der Waals surface area contributed by atoms with Crippen LogP contribution in [0.25, 0.3) is 5.65 Å². The fourth-order valence-corrected chi connectivity index (χ4v) is 3.10. The van der Waals surface area contributed by atoms with E-state index in [0.717, 1.165) is 43.1 Å². The van der Waals surface area contributed by atoms with E-state index in [-0.39, 0.29) is 6.10 Å². The van der Waals surface area contributed by atoms with Gasteiger partial charge in [-0.1, -0.05) is 12.8 Å². The van der Waals surface area contributed by atoms with Crippen molar-refractivity contribution in [1.82, 2.24) is 19.8 Å². The molecule has 2 unspecified atom stereocenters. The molecule has 1 aliphatic carbocycles. The number of hydrogen-bond acceptors (Lipinski definition) is 5. The van der Waals surface area contributed by atoms with Crippen molar-refractivity contribution >= 4 is 11.5 Å². The molecule has 1 aliphatic rings. The minimum absolute atomic E-state index is 0.0899. The Labute approximate surface area is 124 Å². The lowest BCUT2D eigenvalue weighted by atomic mass is 9.83. The highest BCUT2D eigenvalue weighted by Crippen LogP contribution is 2.27. The van der Waals surface area contributed by atoms with Gasteiger partial charge in [-0.25, -0.2) is 0 Å². The van der Waals surface area contributed by atoms with Gasteiger partial charge < -0.3 is 10.4 Å². The zero-order valence-corrected chi connectivity index (χ0v) is 12.5. The van der Waals surface area contributed by atoms with Gasteiger partial charge in [0.1, 0.15) is 5.82 Å². The molecule has 2 aromatic rings. The zero-order chi connectivity index (χ0) is 14.7. The number of hydrogen-bond donors (Lipinski definition) is 2. The van der Waals surface area contributed by atoms with E-state index in [2.05, 4.69) is 20.6 Å². The van der Waals surface area contributed by atoms with Crippen molar-refractivity contribution in [2.24, 2.45) is 5.92 Å². The van der Waals surface area contributed by atoms with Crippen LogP contribution in [0.2, 0.25) is 0 Å². The number of fused-ring (bicyclic) bond motifs is 1. The lowest BCUT2D eigenvalue weighted by Gasteiger charge is -2.27. The summed E-state index contributed by atoms with van der Waals surface area (Å²) in [6.07, 6.45) is 6.64. The molecule has 1 fully saturated rings. The van der Waals surface area contributed by atoms with Crippen LogP contribution in [0.4, 0.5) is 5.82 Å². The third-order valence-electron chi connectivity index (χ3n) is 4.35. The van der Waals surface area contributed by atoms with E-state index in [0.29, 0.717) is 5.92 Å². The van der Waals surface area contributed by atoms with Crippen LogP contribution >= 0.6 is 0 Å². The van der Waals surface area contributed by atoms with E-state index in [1.54, 1.807) is 4.52 Å². The Morgan fingerprint density at radius 1 is 1.29 bits per heavy atom. The summed E-state index contributed by atoms with van der Waals surface area (Å²) in [5, 5.41) is 25.8. The lowest BCUT2D eigenvalue weighted by molar-refractivity contribution is 0.0648. The highest BCUT2D eigenvalue weighted by Gasteiger charge is 2.22. The van der Waals surface area contributed by atoms with Gasteiger partial charge in [-0.15, -0.1) is 15.3 Å². The van der Waals surface area contributed by atoms with Gasteiger partial charge in [-0.05, 0) is 50.7 Å². The number of anilines is 1. The number of aromatic nitrogens is 4. The number of aliphatic hydroxyl groups excluding tert-OH is 1. The van der Waals surface area contributed by atoms with Crippen LogP contribution in [0, 0.1) is 12.8 Å². The molecule has 6 nitrogen and oxygen atoms in total. The standard InChI is InChI=1S/C15H23N5O/c1-11-17-18-15-9-8-14(19-20(11)15)16-10-4-6-12-5-2-3-7-13(12)21/h8-9,12-13,21H,2-7,10H2,1H3,(H,16,19). The van der Waals surface area contributed by atoms with Gasteiger partial charge in [0.25, 0.3) is 0 Å². The number of aliphatic hydroxyl groups is 1. The Hall–Kier alpha value is -1.69. The second-order valence-electron chi connectivity index (χ2n) is 5.92. The van der Waals surface area contributed by atoms with Crippen LogP contribution in [0.5, 0.6) is 0 Å². The summed E-state index contributed by atoms with van der Waals surface area (Å²) >= 11 is 0. The van der Waals surface area contributed by atoms with Gasteiger partial charge in [-0.3, -0.25) is 0 Å². The Balaban J connectivity index is 1.48. The molecular weight excluding hydrogens is 266 g/mol. The maximum atomic E-state index is 9.96. The Kier molecular flexibility index (Phi) is 4.34. The minimum Gasteiger partial charge on any atom is -0.393 e. The minimum atomic E-state index is -0.0899. The molecule has 1 saturated carbocycles. The predicted molar refractivity (Wildman–Crippen MR) is 81.2 cm³/mol. The Morgan fingerprint density at radius 3 is 3.00 bits per heavy atom. The van der Waals surface area contributed by atoms with Gasteiger partial charge >= 0.3 is 0 Å². The van der Waals surface area contributed by atoms with Crippen molar-refractivity contribution in [2.75, 3.05) is 11.9 Å². The second-order valence-corrected chi connectivity index (χ2v) is 5.92. The summed E-state index contributed by atoms with van der Waals surface area (Å²) in [5.74, 6) is 2.12. The first-order valence-electron chi connectivity index (χ1n) is 7.85. The summed E-state index contributed by atoms with van der Waals surface area (Å²) in [4.78, 5) is 0. The van der Waals surface area contributed by atoms with Gasteiger partial charge in [0.05, 0.1) is 6.10 Å². The maximum absolute atomic E-state index is 9.96. The molecule has 0 bridgehead atoms. The van der Waals surface area contributed by atoms with Gasteiger partial charge in [0, 0.05) is 6.54 Å². The largest absolute Gasteiger partial charge is 0.393 e. The summed E-state index contributed by atoms with van der Waals surface area (Å²) in [5.41, 5.74) is 0.767. The monoisotopic (exact) mass is 289 g/mol. The summed E-state index contributed by atoms with van der Waals surface area (Å²) in [6.45, 7) is 2.77. The van der Waals surface area contributed by atoms with Crippen molar-refractivity contribution in [1.29, 1.82) is 0 Å². The molecule has 0 aliphatic heterocycles. The SMILES string of the molecule is Cc1nnc2ccc(NCCCC3CCCCC3O)nn12. The van der Waals surface area contributed by atoms with Gasteiger partial charge in [0.2, 0.25) is 0 Å². The zero-order valence-electron chi connectivity index (χ0n) is 12.5. The van der Waals surface area contributed by atoms with Crippen molar-refractivity contribution in [3.63, 3.8) is 0 Å². The predicted octanol–water partition coefficient (Wildman–Crippen LogP) is 2.18. The summed E-state index contributed by atoms with van der Waals surface area (Å²) < 4.78 is 1.74. The maximum Gasteiger partial charge on any atom is 0.178 e. The van der Waals surface area contributed by atoms with E-state index in [1.165, 1.54) is 19.3 Å². The van der Waals surface area contributed by atoms with Gasteiger partial charge in [0.15, 0.2) is 11.5 Å². The highest BCUT2D eigenvalue weighted by molar-refractivity contribution is 5.43. The quantitative estimate of drug-likeness (QED) is 0.825. The fraction of sp³-hybridized carbons (Fsp3) is 0.667. The molecule has 6 heteroatoms. The van der Waals surface area contributed by atoms with E-state index < -0.39 is 0 Å². The molecule has 0 amide bonds. The van der Waals surface area contributed by atoms with Gasteiger partial charge in [-0.2, -0.15) is 4.52 Å². The molecule has 21 heavy (non-hydrogen) atoms. The topological polar surface area (TPSA) is 75.3 Å². The third kappa shape index (κ3) is 3.32. The molecule has 2 N–H and O–H groups in total. The van der Waals surface area contributed by atoms with E-state index in [1.807, 2.05) is 19.1 Å². The first-order valence-corrected chi connectivity index (χ1v) is 7.85. The third-order valence-corrected chi connectivity index (χ3v) is 4.35. The van der Waals surface area contributed by atoms with Crippen molar-refractivity contribution < 1.29 is 5.11 Å². The van der Waals surface area contributed by atoms with Crippen LogP contribution in [0.15, 0.2) is 12.1 Å². The molecule has 2 atom stereocenters. The average Bonchev–Trinajstić information content (AvgIpc) is 2.86. The van der Waals surface area contributed by atoms with E-state index in [4.69, 9.17) is 0 Å². The Morgan fingerprint density at radius 2 is 2.14 bits per heavy atom. The van der Waals surface area contributed by atoms with E-state index in [9.17, 15) is 5.11 Å². The smallest absolute Gasteiger partial charge is 0.178 e. The molecule has 2 heterocycles. The van der Waals surface area contributed by atoms with Crippen LogP contribution in [0.3, 0.4) is 0 Å². The van der Waals surface area contributed by atoms with E-state index >= 15 is 0 Å². The van der Waals surface area contributed by atoms with Crippen molar-refractivity contribution in [3.8, 4) is 0 Å². The highest BCUT2D eigenvalue weighted by atomic mass is 16.3. The number of nitrogens with one attached hydrogen (secondary N) is 1. The molecule has 0 spiro atoms. The molecule has 0 radical (unpaired) electrons. The number of nitrogens with zero attached hydrogens (tertiary/aromatic N) is 4. The molecule has 0 aromatic carbocycles. The van der Waals surface area contributed by atoms with Crippen LogP contribution in [0.1, 0.15) is 44.3 Å². The Bertz CT molecular complexity index is 597. The number of aryl methyl sites for hydroxylation is 1. The van der Waals surface area contributed by atoms with Crippen molar-refractivity contribution in [2.45, 2.75) is 51.6 Å². The molecule has 114 valence electrons. The lowest BCUT2D eigenvalue weighted by Crippen LogP contribution is -2.24. The van der Waals surface area contributed by atoms with Crippen LogP contribution in [-0.2, 0) is 0 Å². The first kappa shape index (κ1) is 14.3. The average molecular weight is 289 g/mol. The normalized spacial score (nSPS) is 22.6. The first-order chi connectivity index (χ1) is 10.2. The van der Waals surface area contributed by atoms with Crippen molar-refractivity contribution in [3.05, 3.63) is 18.0 Å². The summed E-state index contributed by atoms with van der Waals surface area (Å²) in [6, 6.07) is 3.85.